The van der Waals surface area contributed by atoms with Crippen LogP contribution in [0.2, 0.25) is 0 Å². The fourth-order valence-corrected chi connectivity index (χ4v) is 3.17. The summed E-state index contributed by atoms with van der Waals surface area (Å²) in [6.07, 6.45) is 1.95. The lowest BCUT2D eigenvalue weighted by Crippen LogP contribution is -2.04. The van der Waals surface area contributed by atoms with E-state index in [1.54, 1.807) is 0 Å². The largest absolute Gasteiger partial charge is 0.270 e. The van der Waals surface area contributed by atoms with E-state index in [4.69, 9.17) is 0 Å². The molecule has 20 heavy (non-hydrogen) atoms. The third-order valence-electron chi connectivity index (χ3n) is 3.40. The fraction of sp³-hybridized carbons (Fsp3) is 0.438. The molecule has 1 atom stereocenters. The number of rotatable bonds is 5. The van der Waals surface area contributed by atoms with E-state index in [1.165, 1.54) is 11.1 Å². The van der Waals surface area contributed by atoms with Crippen LogP contribution in [0.4, 0.5) is 0 Å². The van der Waals surface area contributed by atoms with Crippen LogP contribution >= 0.6 is 0 Å². The van der Waals surface area contributed by atoms with E-state index in [0.717, 1.165) is 11.3 Å². The number of hydrogen-bond donors (Lipinski definition) is 0. The molecule has 0 aliphatic heterocycles. The molecule has 3 nitrogen and oxygen atoms in total. The Bertz CT molecular complexity index is 617. The van der Waals surface area contributed by atoms with Gasteiger partial charge in [-0.1, -0.05) is 18.2 Å². The van der Waals surface area contributed by atoms with Crippen molar-refractivity contribution >= 4 is 10.8 Å². The second-order valence-corrected chi connectivity index (χ2v) is 6.98. The maximum Gasteiger partial charge on any atom is 0.0749 e. The van der Waals surface area contributed by atoms with Gasteiger partial charge in [0.2, 0.25) is 0 Å². The molecular formula is C16H22N2OS. The lowest BCUT2D eigenvalue weighted by Gasteiger charge is -2.06. The first kappa shape index (κ1) is 15.0. The van der Waals surface area contributed by atoms with E-state index in [1.807, 2.05) is 16.9 Å². The Morgan fingerprint density at radius 3 is 2.50 bits per heavy atom. The summed E-state index contributed by atoms with van der Waals surface area (Å²) in [4.78, 5) is 0. The molecule has 108 valence electrons. The van der Waals surface area contributed by atoms with E-state index >= 15 is 0 Å². The van der Waals surface area contributed by atoms with E-state index in [0.29, 0.717) is 17.5 Å². The molecule has 0 N–H and O–H groups in total. The average Bonchev–Trinajstić information content (AvgIpc) is 2.82. The van der Waals surface area contributed by atoms with Gasteiger partial charge in [-0.3, -0.25) is 8.89 Å². The first-order valence-electron chi connectivity index (χ1n) is 6.91. The van der Waals surface area contributed by atoms with Crippen LogP contribution in [-0.2, 0) is 22.3 Å². The molecule has 0 bridgehead atoms. The van der Waals surface area contributed by atoms with Crippen LogP contribution in [0, 0.1) is 13.8 Å². The molecule has 1 aromatic heterocycles. The van der Waals surface area contributed by atoms with E-state index < -0.39 is 10.8 Å². The van der Waals surface area contributed by atoms with Crippen LogP contribution in [0.25, 0.3) is 0 Å². The predicted octanol–water partition coefficient (Wildman–Crippen LogP) is 3.53. The molecule has 0 saturated heterocycles. The highest BCUT2D eigenvalue weighted by Crippen LogP contribution is 2.13. The molecule has 0 saturated carbocycles. The molecule has 0 fully saturated rings. The van der Waals surface area contributed by atoms with Gasteiger partial charge in [-0.15, -0.1) is 0 Å². The van der Waals surface area contributed by atoms with Crippen molar-refractivity contribution < 1.29 is 4.21 Å². The molecule has 0 spiro atoms. The van der Waals surface area contributed by atoms with Gasteiger partial charge in [-0.2, -0.15) is 5.10 Å². The van der Waals surface area contributed by atoms with Gasteiger partial charge in [0.25, 0.3) is 0 Å². The molecule has 1 unspecified atom stereocenters. The summed E-state index contributed by atoms with van der Waals surface area (Å²) in [6.45, 7) is 8.35. The monoisotopic (exact) mass is 290 g/mol. The molecule has 2 rings (SSSR count). The van der Waals surface area contributed by atoms with E-state index in [-0.39, 0.29) is 0 Å². The van der Waals surface area contributed by atoms with Gasteiger partial charge in [0, 0.05) is 28.8 Å². The Kier molecular flexibility index (Phi) is 4.76. The first-order chi connectivity index (χ1) is 9.45. The van der Waals surface area contributed by atoms with Crippen LogP contribution in [0.3, 0.4) is 0 Å². The Morgan fingerprint density at radius 2 is 1.90 bits per heavy atom. The summed E-state index contributed by atoms with van der Waals surface area (Å²) in [5.74, 6) is 1.11. The van der Waals surface area contributed by atoms with Crippen molar-refractivity contribution in [1.29, 1.82) is 0 Å². The summed E-state index contributed by atoms with van der Waals surface area (Å²) in [5.41, 5.74) is 4.56. The zero-order valence-corrected chi connectivity index (χ0v) is 13.4. The average molecular weight is 290 g/mol. The van der Waals surface area contributed by atoms with Gasteiger partial charge in [-0.05, 0) is 50.5 Å². The van der Waals surface area contributed by atoms with Gasteiger partial charge >= 0.3 is 0 Å². The highest BCUT2D eigenvalue weighted by atomic mass is 32.2. The fourth-order valence-electron chi connectivity index (χ4n) is 2.04. The molecule has 1 heterocycles. The predicted molar refractivity (Wildman–Crippen MR) is 84.1 cm³/mol. The van der Waals surface area contributed by atoms with Crippen LogP contribution < -0.4 is 0 Å². The van der Waals surface area contributed by atoms with E-state index in [9.17, 15) is 4.21 Å². The van der Waals surface area contributed by atoms with Crippen molar-refractivity contribution in [3.63, 3.8) is 0 Å². The summed E-state index contributed by atoms with van der Waals surface area (Å²) >= 11 is 0. The maximum absolute atomic E-state index is 12.2. The number of aryl methyl sites for hydroxylation is 2. The van der Waals surface area contributed by atoms with Crippen LogP contribution in [0.1, 0.15) is 42.3 Å². The van der Waals surface area contributed by atoms with Crippen LogP contribution in [0.5, 0.6) is 0 Å². The minimum absolute atomic E-state index is 0.344. The third-order valence-corrected chi connectivity index (χ3v) is 4.67. The van der Waals surface area contributed by atoms with E-state index in [2.05, 4.69) is 51.0 Å². The first-order valence-corrected chi connectivity index (χ1v) is 8.39. The SMILES string of the molecule is Cc1ccc(CS(=O)Cc2ccn(C(C)C)n2)cc1C. The molecule has 2 aromatic rings. The smallest absolute Gasteiger partial charge is 0.0749 e. The Hall–Kier alpha value is -1.42. The van der Waals surface area contributed by atoms with Gasteiger partial charge in [-0.25, -0.2) is 0 Å². The molecule has 4 heteroatoms. The molecular weight excluding hydrogens is 268 g/mol. The summed E-state index contributed by atoms with van der Waals surface area (Å²) < 4.78 is 14.1. The Labute approximate surface area is 123 Å². The standard InChI is InChI=1S/C16H22N2OS/c1-12(2)18-8-7-16(17-18)11-20(19)10-15-6-5-13(3)14(4)9-15/h5-9,12H,10-11H2,1-4H3. The van der Waals surface area contributed by atoms with Crippen molar-refractivity contribution in [2.24, 2.45) is 0 Å². The summed E-state index contributed by atoms with van der Waals surface area (Å²) in [7, 11) is -0.913. The quantitative estimate of drug-likeness (QED) is 0.844. The van der Waals surface area contributed by atoms with Gasteiger partial charge in [0.15, 0.2) is 0 Å². The second-order valence-electron chi connectivity index (χ2n) is 5.53. The van der Waals surface area contributed by atoms with Gasteiger partial charge in [0.05, 0.1) is 11.4 Å². The second kappa shape index (κ2) is 6.35. The van der Waals surface area contributed by atoms with Crippen molar-refractivity contribution in [2.75, 3.05) is 0 Å². The highest BCUT2D eigenvalue weighted by molar-refractivity contribution is 7.83. The summed E-state index contributed by atoms with van der Waals surface area (Å²) in [6, 6.07) is 8.58. The number of benzene rings is 1. The topological polar surface area (TPSA) is 34.9 Å². The lowest BCUT2D eigenvalue weighted by molar-refractivity contribution is 0.528. The Balaban J connectivity index is 1.99. The van der Waals surface area contributed by atoms with Crippen molar-refractivity contribution in [2.45, 2.75) is 45.2 Å². The molecule has 0 aliphatic carbocycles. The molecule has 0 amide bonds. The third kappa shape index (κ3) is 3.79. The Morgan fingerprint density at radius 1 is 1.15 bits per heavy atom. The van der Waals surface area contributed by atoms with Gasteiger partial charge in [0.1, 0.15) is 0 Å². The summed E-state index contributed by atoms with van der Waals surface area (Å²) in [5, 5.41) is 4.45. The van der Waals surface area contributed by atoms with Crippen molar-refractivity contribution in [3.05, 3.63) is 52.8 Å². The number of nitrogens with zero attached hydrogens (tertiary/aromatic N) is 2. The minimum atomic E-state index is -0.913. The normalized spacial score (nSPS) is 12.8. The molecule has 1 aromatic carbocycles. The molecule has 0 radical (unpaired) electrons. The number of aromatic nitrogens is 2. The minimum Gasteiger partial charge on any atom is -0.270 e. The van der Waals surface area contributed by atoms with Gasteiger partial charge < -0.3 is 0 Å². The number of hydrogen-bond acceptors (Lipinski definition) is 2. The highest BCUT2D eigenvalue weighted by Gasteiger charge is 2.08. The van der Waals surface area contributed by atoms with Crippen LogP contribution in [-0.4, -0.2) is 14.0 Å². The zero-order chi connectivity index (χ0) is 14.7. The van der Waals surface area contributed by atoms with Crippen LogP contribution in [0.15, 0.2) is 30.5 Å². The molecule has 0 aliphatic rings. The zero-order valence-electron chi connectivity index (χ0n) is 12.6. The van der Waals surface area contributed by atoms with Crippen molar-refractivity contribution in [3.8, 4) is 0 Å². The van der Waals surface area contributed by atoms with Crippen molar-refractivity contribution in [1.82, 2.24) is 9.78 Å². The maximum atomic E-state index is 12.2. The lowest BCUT2D eigenvalue weighted by atomic mass is 10.1.